The number of rotatable bonds is 3. The van der Waals surface area contributed by atoms with E-state index in [1.165, 1.54) is 0 Å². The number of benzene rings is 1. The zero-order chi connectivity index (χ0) is 12.3. The summed E-state index contributed by atoms with van der Waals surface area (Å²) in [4.78, 5) is 11.6. The highest BCUT2D eigenvalue weighted by Crippen LogP contribution is 2.23. The number of nitrogens with two attached hydrogens (primary N) is 1. The number of nitrogen functional groups attached to an aromatic ring is 1. The first-order valence-electron chi connectivity index (χ1n) is 5.61. The molecule has 3 nitrogen and oxygen atoms in total. The van der Waals surface area contributed by atoms with Crippen molar-refractivity contribution < 1.29 is 4.79 Å². The summed E-state index contributed by atoms with van der Waals surface area (Å²) in [7, 11) is 0. The molecule has 3 heteroatoms. The molecule has 0 unspecified atom stereocenters. The molecule has 1 amide bonds. The lowest BCUT2D eigenvalue weighted by molar-refractivity contribution is -0.118. The van der Waals surface area contributed by atoms with Crippen LogP contribution in [0.2, 0.25) is 0 Å². The predicted molar refractivity (Wildman–Crippen MR) is 68.4 cm³/mol. The Kier molecular flexibility index (Phi) is 3.93. The van der Waals surface area contributed by atoms with Crippen molar-refractivity contribution in [2.45, 2.75) is 33.6 Å². The molecule has 0 aliphatic heterocycles. The van der Waals surface area contributed by atoms with Gasteiger partial charge in [0.05, 0.1) is 0 Å². The summed E-state index contributed by atoms with van der Waals surface area (Å²) >= 11 is 0. The van der Waals surface area contributed by atoms with E-state index < -0.39 is 0 Å². The van der Waals surface area contributed by atoms with Gasteiger partial charge < -0.3 is 11.1 Å². The zero-order valence-corrected chi connectivity index (χ0v) is 10.4. The molecule has 0 aliphatic carbocycles. The second-order valence-corrected chi connectivity index (χ2v) is 4.69. The summed E-state index contributed by atoms with van der Waals surface area (Å²) in [6.07, 6.45) is 0. The third-order valence-corrected chi connectivity index (χ3v) is 2.44. The number of hydrogen-bond acceptors (Lipinski definition) is 2. The van der Waals surface area contributed by atoms with Gasteiger partial charge in [-0.1, -0.05) is 27.7 Å². The van der Waals surface area contributed by atoms with Crippen LogP contribution in [0.1, 0.15) is 39.2 Å². The van der Waals surface area contributed by atoms with Crippen LogP contribution in [0.5, 0.6) is 0 Å². The van der Waals surface area contributed by atoms with Crippen molar-refractivity contribution in [1.29, 1.82) is 0 Å². The molecule has 0 aromatic heterocycles. The van der Waals surface area contributed by atoms with Crippen LogP contribution in [-0.4, -0.2) is 5.91 Å². The Morgan fingerprint density at radius 2 is 1.81 bits per heavy atom. The predicted octanol–water partition coefficient (Wildman–Crippen LogP) is 2.99. The number of hydrogen-bond donors (Lipinski definition) is 2. The van der Waals surface area contributed by atoms with Gasteiger partial charge in [0.2, 0.25) is 5.91 Å². The molecule has 1 aromatic carbocycles. The van der Waals surface area contributed by atoms with Gasteiger partial charge in [-0.2, -0.15) is 0 Å². The second-order valence-electron chi connectivity index (χ2n) is 4.69. The van der Waals surface area contributed by atoms with Gasteiger partial charge >= 0.3 is 0 Å². The molecule has 0 aliphatic rings. The quantitative estimate of drug-likeness (QED) is 0.769. The van der Waals surface area contributed by atoms with Gasteiger partial charge in [-0.05, 0) is 29.7 Å². The summed E-state index contributed by atoms with van der Waals surface area (Å²) in [5.74, 6) is 0.391. The van der Waals surface area contributed by atoms with Crippen molar-refractivity contribution in [2.24, 2.45) is 5.92 Å². The lowest BCUT2D eigenvalue weighted by Crippen LogP contribution is -2.18. The Morgan fingerprint density at radius 1 is 1.19 bits per heavy atom. The van der Waals surface area contributed by atoms with Gasteiger partial charge in [-0.25, -0.2) is 0 Å². The van der Waals surface area contributed by atoms with E-state index >= 15 is 0 Å². The monoisotopic (exact) mass is 220 g/mol. The normalized spacial score (nSPS) is 10.9. The van der Waals surface area contributed by atoms with Crippen molar-refractivity contribution in [3.8, 4) is 0 Å². The first kappa shape index (κ1) is 12.6. The van der Waals surface area contributed by atoms with Crippen LogP contribution < -0.4 is 11.1 Å². The maximum Gasteiger partial charge on any atom is 0.226 e. The number of anilines is 2. The lowest BCUT2D eigenvalue weighted by Gasteiger charge is -2.12. The van der Waals surface area contributed by atoms with E-state index in [0.717, 1.165) is 11.3 Å². The van der Waals surface area contributed by atoms with Crippen molar-refractivity contribution in [3.63, 3.8) is 0 Å². The Morgan fingerprint density at radius 3 is 2.31 bits per heavy atom. The fraction of sp³-hybridized carbons (Fsp3) is 0.462. The smallest absolute Gasteiger partial charge is 0.226 e. The van der Waals surface area contributed by atoms with E-state index in [1.54, 1.807) is 6.07 Å². The Labute approximate surface area is 97.0 Å². The number of amides is 1. The third kappa shape index (κ3) is 3.26. The van der Waals surface area contributed by atoms with E-state index in [2.05, 4.69) is 19.2 Å². The van der Waals surface area contributed by atoms with Gasteiger partial charge in [0, 0.05) is 17.3 Å². The number of nitrogens with one attached hydrogen (secondary N) is 1. The van der Waals surface area contributed by atoms with Crippen LogP contribution in [0.4, 0.5) is 11.4 Å². The van der Waals surface area contributed by atoms with Crippen LogP contribution in [0.25, 0.3) is 0 Å². The Bertz CT molecular complexity index is 384. The maximum absolute atomic E-state index is 11.6. The van der Waals surface area contributed by atoms with Crippen molar-refractivity contribution >= 4 is 17.3 Å². The highest BCUT2D eigenvalue weighted by molar-refractivity contribution is 5.92. The third-order valence-electron chi connectivity index (χ3n) is 2.44. The molecular formula is C13H20N2O. The summed E-state index contributed by atoms with van der Waals surface area (Å²) < 4.78 is 0. The summed E-state index contributed by atoms with van der Waals surface area (Å²) in [5.41, 5.74) is 8.40. The topological polar surface area (TPSA) is 55.1 Å². The average Bonchev–Trinajstić information content (AvgIpc) is 2.16. The number of carbonyl (C=O) groups excluding carboxylic acids is 1. The molecule has 0 spiro atoms. The summed E-state index contributed by atoms with van der Waals surface area (Å²) in [6, 6.07) is 5.70. The highest BCUT2D eigenvalue weighted by atomic mass is 16.1. The minimum absolute atomic E-state index is 0.0142. The first-order chi connectivity index (χ1) is 7.40. The van der Waals surface area contributed by atoms with Crippen molar-refractivity contribution in [2.75, 3.05) is 11.1 Å². The molecular weight excluding hydrogens is 200 g/mol. The fourth-order valence-corrected chi connectivity index (χ4v) is 1.37. The van der Waals surface area contributed by atoms with E-state index in [9.17, 15) is 4.79 Å². The SMILES string of the molecule is CC(C)C(=O)Nc1cc(N)cc(C(C)C)c1. The first-order valence-corrected chi connectivity index (χ1v) is 5.61. The Balaban J connectivity index is 2.92. The van der Waals surface area contributed by atoms with Gasteiger partial charge in [0.25, 0.3) is 0 Å². The van der Waals surface area contributed by atoms with Crippen molar-refractivity contribution in [3.05, 3.63) is 23.8 Å². The van der Waals surface area contributed by atoms with Crippen molar-refractivity contribution in [1.82, 2.24) is 0 Å². The average molecular weight is 220 g/mol. The number of carbonyl (C=O) groups is 1. The van der Waals surface area contributed by atoms with E-state index in [1.807, 2.05) is 26.0 Å². The van der Waals surface area contributed by atoms with Crippen LogP contribution in [0, 0.1) is 5.92 Å². The molecule has 0 bridgehead atoms. The zero-order valence-electron chi connectivity index (χ0n) is 10.4. The van der Waals surface area contributed by atoms with E-state index in [4.69, 9.17) is 5.73 Å². The van der Waals surface area contributed by atoms with E-state index in [-0.39, 0.29) is 11.8 Å². The molecule has 0 atom stereocenters. The van der Waals surface area contributed by atoms with Gasteiger partial charge in [-0.3, -0.25) is 4.79 Å². The summed E-state index contributed by atoms with van der Waals surface area (Å²) in [5, 5.41) is 2.86. The summed E-state index contributed by atoms with van der Waals surface area (Å²) in [6.45, 7) is 7.93. The molecule has 3 N–H and O–H groups in total. The largest absolute Gasteiger partial charge is 0.399 e. The maximum atomic E-state index is 11.6. The lowest BCUT2D eigenvalue weighted by atomic mass is 10.0. The van der Waals surface area contributed by atoms with Gasteiger partial charge in [-0.15, -0.1) is 0 Å². The van der Waals surface area contributed by atoms with Crippen LogP contribution >= 0.6 is 0 Å². The van der Waals surface area contributed by atoms with Gasteiger partial charge in [0.1, 0.15) is 0 Å². The highest BCUT2D eigenvalue weighted by Gasteiger charge is 2.09. The van der Waals surface area contributed by atoms with Crippen LogP contribution in [0.3, 0.4) is 0 Å². The van der Waals surface area contributed by atoms with E-state index in [0.29, 0.717) is 11.6 Å². The molecule has 1 aromatic rings. The Hall–Kier alpha value is -1.51. The molecule has 0 saturated carbocycles. The molecule has 0 fully saturated rings. The molecule has 0 saturated heterocycles. The second kappa shape index (κ2) is 5.01. The standard InChI is InChI=1S/C13H20N2O/c1-8(2)10-5-11(14)7-12(6-10)15-13(16)9(3)4/h5-9H,14H2,1-4H3,(H,15,16). The van der Waals surface area contributed by atoms with Crippen LogP contribution in [-0.2, 0) is 4.79 Å². The minimum atomic E-state index is -0.0241. The fourth-order valence-electron chi connectivity index (χ4n) is 1.37. The molecule has 16 heavy (non-hydrogen) atoms. The molecule has 0 radical (unpaired) electrons. The minimum Gasteiger partial charge on any atom is -0.399 e. The molecule has 88 valence electrons. The van der Waals surface area contributed by atoms with Crippen LogP contribution in [0.15, 0.2) is 18.2 Å². The molecule has 1 rings (SSSR count). The van der Waals surface area contributed by atoms with Gasteiger partial charge in [0.15, 0.2) is 0 Å². The molecule has 0 heterocycles.